The highest BCUT2D eigenvalue weighted by Crippen LogP contribution is 2.14. The molecule has 0 spiro atoms. The third-order valence-corrected chi connectivity index (χ3v) is 5.14. The number of ether oxygens (including phenoxy) is 1. The number of rotatable bonds is 11. The molecule has 0 fully saturated rings. The number of halogens is 2. The number of benzene rings is 2. The summed E-state index contributed by atoms with van der Waals surface area (Å²) in [6.07, 6.45) is 2.17. The van der Waals surface area contributed by atoms with Crippen molar-refractivity contribution in [2.45, 2.75) is 13.0 Å². The molecule has 0 bridgehead atoms. The van der Waals surface area contributed by atoms with Crippen LogP contribution in [0.4, 0.5) is 19.3 Å². The normalized spacial score (nSPS) is 10.7. The van der Waals surface area contributed by atoms with E-state index < -0.39 is 17.7 Å². The quantitative estimate of drug-likeness (QED) is 0.452. The Kier molecular flexibility index (Phi) is 9.16. The van der Waals surface area contributed by atoms with E-state index in [-0.39, 0.29) is 37.8 Å². The standard InChI is InChI=1S/C25H27F2N3O4/c1-33-15-13-30(25(32)28-20-9-10-22(26)23(27)16-20)18-24(31)29(17-21-8-5-14-34-21)12-11-19-6-3-2-4-7-19/h2-10,14,16H,11-13,15,17-18H2,1H3,(H,28,32). The van der Waals surface area contributed by atoms with Crippen LogP contribution in [-0.2, 0) is 22.5 Å². The van der Waals surface area contributed by atoms with E-state index in [4.69, 9.17) is 9.15 Å². The van der Waals surface area contributed by atoms with E-state index in [0.29, 0.717) is 18.7 Å². The highest BCUT2D eigenvalue weighted by Gasteiger charge is 2.22. The van der Waals surface area contributed by atoms with Crippen molar-refractivity contribution in [3.63, 3.8) is 0 Å². The number of nitrogens with one attached hydrogen (secondary N) is 1. The maximum Gasteiger partial charge on any atom is 0.322 e. The molecule has 1 heterocycles. The Labute approximate surface area is 196 Å². The smallest absolute Gasteiger partial charge is 0.322 e. The molecular formula is C25H27F2N3O4. The average Bonchev–Trinajstić information content (AvgIpc) is 3.35. The maximum absolute atomic E-state index is 13.5. The van der Waals surface area contributed by atoms with Crippen LogP contribution >= 0.6 is 0 Å². The van der Waals surface area contributed by atoms with Crippen LogP contribution in [0, 0.1) is 11.6 Å². The fourth-order valence-electron chi connectivity index (χ4n) is 3.28. The van der Waals surface area contributed by atoms with Crippen molar-refractivity contribution in [2.75, 3.05) is 38.7 Å². The fourth-order valence-corrected chi connectivity index (χ4v) is 3.28. The van der Waals surface area contributed by atoms with Crippen molar-refractivity contribution >= 4 is 17.6 Å². The fraction of sp³-hybridized carbons (Fsp3) is 0.280. The van der Waals surface area contributed by atoms with Gasteiger partial charge in [-0.2, -0.15) is 0 Å². The Balaban J connectivity index is 1.70. The van der Waals surface area contributed by atoms with E-state index in [2.05, 4.69) is 5.32 Å². The van der Waals surface area contributed by atoms with Gasteiger partial charge in [0.2, 0.25) is 5.91 Å². The first-order valence-corrected chi connectivity index (χ1v) is 10.8. The number of carbonyl (C=O) groups is 2. The Morgan fingerprint density at radius 2 is 1.76 bits per heavy atom. The number of methoxy groups -OCH3 is 1. The second kappa shape index (κ2) is 12.5. The van der Waals surface area contributed by atoms with Crippen LogP contribution in [0.25, 0.3) is 0 Å². The lowest BCUT2D eigenvalue weighted by Gasteiger charge is -2.27. The molecule has 0 saturated carbocycles. The predicted octanol–water partition coefficient (Wildman–Crippen LogP) is 4.31. The molecule has 3 aromatic rings. The van der Waals surface area contributed by atoms with Crippen LogP contribution in [0.1, 0.15) is 11.3 Å². The zero-order chi connectivity index (χ0) is 24.3. The van der Waals surface area contributed by atoms with Gasteiger partial charge in [0.15, 0.2) is 11.6 Å². The van der Waals surface area contributed by atoms with Crippen molar-refractivity contribution in [1.82, 2.24) is 9.80 Å². The monoisotopic (exact) mass is 471 g/mol. The molecule has 1 N–H and O–H groups in total. The predicted molar refractivity (Wildman–Crippen MR) is 123 cm³/mol. The molecule has 9 heteroatoms. The number of amides is 3. The van der Waals surface area contributed by atoms with E-state index in [9.17, 15) is 18.4 Å². The van der Waals surface area contributed by atoms with Gasteiger partial charge in [0.1, 0.15) is 12.3 Å². The first-order valence-electron chi connectivity index (χ1n) is 10.8. The van der Waals surface area contributed by atoms with Crippen LogP contribution < -0.4 is 5.32 Å². The lowest BCUT2D eigenvalue weighted by Crippen LogP contribution is -2.46. The summed E-state index contributed by atoms with van der Waals surface area (Å²) in [5.74, 6) is -1.76. The molecular weight excluding hydrogens is 444 g/mol. The molecule has 1 aromatic heterocycles. The molecule has 3 rings (SSSR count). The molecule has 2 aromatic carbocycles. The van der Waals surface area contributed by atoms with Gasteiger partial charge in [-0.25, -0.2) is 13.6 Å². The van der Waals surface area contributed by atoms with Crippen LogP contribution in [-0.4, -0.2) is 55.1 Å². The summed E-state index contributed by atoms with van der Waals surface area (Å²) in [4.78, 5) is 28.9. The number of anilines is 1. The summed E-state index contributed by atoms with van der Waals surface area (Å²) in [6, 6.07) is 15.7. The lowest BCUT2D eigenvalue weighted by atomic mass is 10.1. The first-order chi connectivity index (χ1) is 16.5. The Bertz CT molecular complexity index is 1060. The molecule has 0 unspecified atom stereocenters. The molecule has 7 nitrogen and oxygen atoms in total. The summed E-state index contributed by atoms with van der Waals surface area (Å²) >= 11 is 0. The minimum Gasteiger partial charge on any atom is -0.467 e. The first kappa shape index (κ1) is 24.9. The number of furan rings is 1. The van der Waals surface area contributed by atoms with Crippen molar-refractivity contribution in [1.29, 1.82) is 0 Å². The van der Waals surface area contributed by atoms with Crippen LogP contribution in [0.15, 0.2) is 71.3 Å². The Morgan fingerprint density at radius 1 is 0.971 bits per heavy atom. The van der Waals surface area contributed by atoms with Crippen LogP contribution in [0.5, 0.6) is 0 Å². The SMILES string of the molecule is COCCN(CC(=O)N(CCc1ccccc1)Cc1ccco1)C(=O)Nc1ccc(F)c(F)c1. The highest BCUT2D eigenvalue weighted by molar-refractivity contribution is 5.92. The summed E-state index contributed by atoms with van der Waals surface area (Å²) in [5, 5.41) is 2.50. The second-order valence-electron chi connectivity index (χ2n) is 7.60. The van der Waals surface area contributed by atoms with Gasteiger partial charge in [-0.1, -0.05) is 30.3 Å². The number of urea groups is 1. The van der Waals surface area contributed by atoms with Gasteiger partial charge in [0.05, 0.1) is 19.4 Å². The largest absolute Gasteiger partial charge is 0.467 e. The number of hydrogen-bond acceptors (Lipinski definition) is 4. The van der Waals surface area contributed by atoms with Gasteiger partial charge < -0.3 is 24.3 Å². The third-order valence-electron chi connectivity index (χ3n) is 5.14. The molecule has 0 saturated heterocycles. The molecule has 34 heavy (non-hydrogen) atoms. The van der Waals surface area contributed by atoms with Gasteiger partial charge in [0.25, 0.3) is 0 Å². The van der Waals surface area contributed by atoms with Gasteiger partial charge in [-0.3, -0.25) is 4.79 Å². The van der Waals surface area contributed by atoms with Crippen molar-refractivity contribution in [3.05, 3.63) is 89.9 Å². The van der Waals surface area contributed by atoms with Gasteiger partial charge >= 0.3 is 6.03 Å². The summed E-state index contributed by atoms with van der Waals surface area (Å²) in [6.45, 7) is 0.772. The summed E-state index contributed by atoms with van der Waals surface area (Å²) in [5.41, 5.74) is 1.15. The highest BCUT2D eigenvalue weighted by atomic mass is 19.2. The second-order valence-corrected chi connectivity index (χ2v) is 7.60. The lowest BCUT2D eigenvalue weighted by molar-refractivity contribution is -0.132. The van der Waals surface area contributed by atoms with E-state index in [1.807, 2.05) is 30.3 Å². The Morgan fingerprint density at radius 3 is 2.44 bits per heavy atom. The molecule has 180 valence electrons. The van der Waals surface area contributed by atoms with E-state index in [1.54, 1.807) is 17.0 Å². The molecule has 0 radical (unpaired) electrons. The van der Waals surface area contributed by atoms with Gasteiger partial charge in [-0.15, -0.1) is 0 Å². The van der Waals surface area contributed by atoms with Crippen molar-refractivity contribution in [3.8, 4) is 0 Å². The molecule has 0 aliphatic heterocycles. The van der Waals surface area contributed by atoms with E-state index in [0.717, 1.165) is 17.7 Å². The molecule has 0 atom stereocenters. The van der Waals surface area contributed by atoms with E-state index in [1.165, 1.54) is 24.3 Å². The zero-order valence-corrected chi connectivity index (χ0v) is 18.9. The summed E-state index contributed by atoms with van der Waals surface area (Å²) in [7, 11) is 1.48. The molecule has 0 aliphatic rings. The topological polar surface area (TPSA) is 75.0 Å². The zero-order valence-electron chi connectivity index (χ0n) is 18.9. The van der Waals surface area contributed by atoms with Gasteiger partial charge in [-0.05, 0) is 36.2 Å². The summed E-state index contributed by atoms with van der Waals surface area (Å²) < 4.78 is 37.2. The number of hydrogen-bond donors (Lipinski definition) is 1. The third kappa shape index (κ3) is 7.41. The van der Waals surface area contributed by atoms with Crippen molar-refractivity contribution < 1.29 is 27.5 Å². The Hall–Kier alpha value is -3.72. The maximum atomic E-state index is 13.5. The average molecular weight is 472 g/mol. The number of carbonyl (C=O) groups excluding carboxylic acids is 2. The van der Waals surface area contributed by atoms with Crippen LogP contribution in [0.3, 0.4) is 0 Å². The molecule has 3 amide bonds. The number of nitrogens with zero attached hydrogens (tertiary/aromatic N) is 2. The molecule has 0 aliphatic carbocycles. The van der Waals surface area contributed by atoms with Crippen molar-refractivity contribution in [2.24, 2.45) is 0 Å². The van der Waals surface area contributed by atoms with E-state index >= 15 is 0 Å². The van der Waals surface area contributed by atoms with Gasteiger partial charge in [0, 0.05) is 32.0 Å². The minimum absolute atomic E-state index is 0.0790. The minimum atomic E-state index is -1.08. The van der Waals surface area contributed by atoms with Crippen LogP contribution in [0.2, 0.25) is 0 Å².